The Hall–Kier alpha value is -2.60. The highest BCUT2D eigenvalue weighted by molar-refractivity contribution is 6.49. The molecule has 0 aliphatic carbocycles. The van der Waals surface area contributed by atoms with Crippen LogP contribution >= 0.6 is 34.8 Å². The molecule has 0 unspecified atom stereocenters. The first-order valence-electron chi connectivity index (χ1n) is 7.80. The molecule has 28 heavy (non-hydrogen) atoms. The third kappa shape index (κ3) is 7.19. The maximum atomic E-state index is 12.9. The summed E-state index contributed by atoms with van der Waals surface area (Å²) in [4.78, 5) is 19.2. The molecule has 0 spiro atoms. The van der Waals surface area contributed by atoms with E-state index in [9.17, 15) is 9.18 Å². The number of hydrogen-bond acceptors (Lipinski definition) is 4. The molecule has 2 aromatic rings. The Morgan fingerprint density at radius 3 is 2.64 bits per heavy atom. The van der Waals surface area contributed by atoms with Gasteiger partial charge in [-0.1, -0.05) is 40.9 Å². The van der Waals surface area contributed by atoms with Crippen molar-refractivity contribution in [2.45, 2.75) is 4.33 Å². The minimum Gasteiger partial charge on any atom is -0.352 e. The van der Waals surface area contributed by atoms with Crippen molar-refractivity contribution in [2.24, 2.45) is 4.99 Å². The van der Waals surface area contributed by atoms with Gasteiger partial charge in [0, 0.05) is 10.6 Å². The lowest BCUT2D eigenvalue weighted by molar-refractivity contribution is 0.0952. The van der Waals surface area contributed by atoms with Crippen LogP contribution in [-0.4, -0.2) is 34.3 Å². The van der Waals surface area contributed by atoms with E-state index >= 15 is 0 Å². The van der Waals surface area contributed by atoms with Crippen molar-refractivity contribution in [1.82, 2.24) is 15.6 Å². The molecule has 1 aromatic heterocycles. The lowest BCUT2D eigenvalue weighted by Gasteiger charge is -2.22. The number of carbonyl (C=O) groups excluding carboxylic acids is 1. The van der Waals surface area contributed by atoms with Gasteiger partial charge in [0.05, 0.1) is 25.0 Å². The predicted octanol–water partition coefficient (Wildman–Crippen LogP) is 3.32. The number of anilines is 1. The van der Waals surface area contributed by atoms with Crippen molar-refractivity contribution in [3.05, 3.63) is 59.1 Å². The van der Waals surface area contributed by atoms with Gasteiger partial charge in [-0.3, -0.25) is 4.79 Å². The second kappa shape index (κ2) is 10.1. The van der Waals surface area contributed by atoms with E-state index in [0.29, 0.717) is 16.3 Å². The molecule has 0 saturated heterocycles. The molecular weight excluding hydrogens is 430 g/mol. The lowest BCUT2D eigenvalue weighted by Crippen LogP contribution is -2.45. The minimum atomic E-state index is -1.41. The van der Waals surface area contributed by atoms with E-state index in [0.717, 1.165) is 6.07 Å². The third-order valence-corrected chi connectivity index (χ3v) is 4.03. The van der Waals surface area contributed by atoms with Crippen LogP contribution in [0.5, 0.6) is 0 Å². The zero-order valence-electron chi connectivity index (χ0n) is 14.2. The summed E-state index contributed by atoms with van der Waals surface area (Å²) in [5.74, 6) is -1.01. The highest BCUT2D eigenvalue weighted by Crippen LogP contribution is 2.19. The first-order chi connectivity index (χ1) is 13.3. The van der Waals surface area contributed by atoms with Gasteiger partial charge in [-0.15, -0.1) is 4.99 Å². The molecule has 11 heteroatoms. The van der Waals surface area contributed by atoms with Crippen molar-refractivity contribution in [1.29, 1.82) is 5.26 Å². The molecule has 2 rings (SSSR count). The molecular formula is C17H14Cl3FN6O. The molecule has 3 N–H and O–H groups in total. The molecule has 1 aromatic carbocycles. The van der Waals surface area contributed by atoms with Crippen molar-refractivity contribution < 1.29 is 9.18 Å². The Balaban J connectivity index is 1.90. The zero-order valence-corrected chi connectivity index (χ0v) is 16.5. The van der Waals surface area contributed by atoms with Gasteiger partial charge < -0.3 is 16.0 Å². The van der Waals surface area contributed by atoms with Crippen LogP contribution in [0.15, 0.2) is 47.6 Å². The van der Waals surface area contributed by atoms with E-state index in [1.165, 1.54) is 18.3 Å². The number of nitrogens with zero attached hydrogens (tertiary/aromatic N) is 3. The molecule has 0 fully saturated rings. The molecule has 0 radical (unpaired) electrons. The van der Waals surface area contributed by atoms with Gasteiger partial charge in [-0.05, 0) is 30.3 Å². The highest BCUT2D eigenvalue weighted by Gasteiger charge is 2.25. The molecule has 0 bridgehead atoms. The van der Waals surface area contributed by atoms with E-state index in [1.807, 2.05) is 0 Å². The van der Waals surface area contributed by atoms with Gasteiger partial charge in [0.1, 0.15) is 0 Å². The monoisotopic (exact) mass is 442 g/mol. The van der Waals surface area contributed by atoms with Crippen molar-refractivity contribution >= 4 is 52.4 Å². The topological polar surface area (TPSA) is 102 Å². The smallest absolute Gasteiger partial charge is 0.251 e. The van der Waals surface area contributed by atoms with E-state index in [2.05, 4.69) is 25.9 Å². The van der Waals surface area contributed by atoms with Gasteiger partial charge in [0.15, 0.2) is 4.33 Å². The highest BCUT2D eigenvalue weighted by atomic mass is 35.5. The van der Waals surface area contributed by atoms with Gasteiger partial charge in [0.2, 0.25) is 18.1 Å². The SMILES string of the molecule is N#CN=C(NCC(Cl)(Cl)CNC(=O)c1cccc(Cl)c1)Nc1ccc(F)nc1. The van der Waals surface area contributed by atoms with Crippen LogP contribution in [0.3, 0.4) is 0 Å². The first-order valence-corrected chi connectivity index (χ1v) is 8.93. The van der Waals surface area contributed by atoms with Crippen molar-refractivity contribution in [3.8, 4) is 6.19 Å². The molecule has 1 heterocycles. The second-order valence-electron chi connectivity index (χ2n) is 5.46. The number of benzene rings is 1. The van der Waals surface area contributed by atoms with Crippen LogP contribution in [0.4, 0.5) is 10.1 Å². The van der Waals surface area contributed by atoms with Gasteiger partial charge in [0.25, 0.3) is 5.91 Å². The average Bonchev–Trinajstić information content (AvgIpc) is 2.66. The lowest BCUT2D eigenvalue weighted by atomic mass is 10.2. The standard InChI is InChI=1S/C17H14Cl3FN6O/c18-12-3-1-2-11(6-12)15(28)24-8-17(19,20)9-25-16(26-10-22)27-13-4-5-14(21)23-7-13/h1-7H,8-9H2,(H,24,28)(H2,25,26,27). The average molecular weight is 444 g/mol. The van der Waals surface area contributed by atoms with Gasteiger partial charge in [-0.2, -0.15) is 9.65 Å². The van der Waals surface area contributed by atoms with Gasteiger partial charge >= 0.3 is 0 Å². The number of aliphatic imine (C=N–C) groups is 1. The van der Waals surface area contributed by atoms with Crippen molar-refractivity contribution in [3.63, 3.8) is 0 Å². The Labute approximate surface area is 175 Å². The predicted molar refractivity (Wildman–Crippen MR) is 107 cm³/mol. The van der Waals surface area contributed by atoms with Crippen LogP contribution < -0.4 is 16.0 Å². The Bertz CT molecular complexity index is 899. The number of guanidine groups is 1. The number of hydrogen-bond donors (Lipinski definition) is 3. The summed E-state index contributed by atoms with van der Waals surface area (Å²) in [6.45, 7) is -0.152. The molecule has 7 nitrogen and oxygen atoms in total. The van der Waals surface area contributed by atoms with Gasteiger partial charge in [-0.25, -0.2) is 4.98 Å². The number of aromatic nitrogens is 1. The number of rotatable bonds is 6. The maximum absolute atomic E-state index is 12.9. The first kappa shape index (κ1) is 21.7. The molecule has 146 valence electrons. The number of nitrogens with one attached hydrogen (secondary N) is 3. The van der Waals surface area contributed by atoms with E-state index in [-0.39, 0.29) is 19.0 Å². The Kier molecular flexibility index (Phi) is 7.81. The third-order valence-electron chi connectivity index (χ3n) is 3.26. The summed E-state index contributed by atoms with van der Waals surface area (Å²) < 4.78 is 11.4. The summed E-state index contributed by atoms with van der Waals surface area (Å²) >= 11 is 18.3. The molecule has 0 atom stereocenters. The number of carbonyl (C=O) groups is 1. The summed E-state index contributed by atoms with van der Waals surface area (Å²) in [6, 6.07) is 8.96. The Morgan fingerprint density at radius 1 is 1.25 bits per heavy atom. The minimum absolute atomic E-state index is 0.0303. The summed E-state index contributed by atoms with van der Waals surface area (Å²) in [5, 5.41) is 17.3. The summed E-state index contributed by atoms with van der Waals surface area (Å²) in [7, 11) is 0. The fraction of sp³-hybridized carbons (Fsp3) is 0.176. The second-order valence-corrected chi connectivity index (χ2v) is 7.53. The molecule has 0 aliphatic rings. The molecule has 0 aliphatic heterocycles. The number of halogens is 4. The van der Waals surface area contributed by atoms with Crippen LogP contribution in [0.1, 0.15) is 10.4 Å². The van der Waals surface area contributed by atoms with Crippen LogP contribution in [0, 0.1) is 17.4 Å². The number of nitriles is 1. The van der Waals surface area contributed by atoms with E-state index in [4.69, 9.17) is 40.1 Å². The van der Waals surface area contributed by atoms with Crippen LogP contribution in [0.25, 0.3) is 0 Å². The summed E-state index contributed by atoms with van der Waals surface area (Å²) in [5.41, 5.74) is 0.758. The maximum Gasteiger partial charge on any atom is 0.251 e. The Morgan fingerprint density at radius 2 is 2.00 bits per heavy atom. The normalized spacial score (nSPS) is 11.5. The van der Waals surface area contributed by atoms with Crippen LogP contribution in [-0.2, 0) is 0 Å². The molecule has 0 saturated carbocycles. The largest absolute Gasteiger partial charge is 0.352 e. The number of alkyl halides is 2. The number of pyridine rings is 1. The fourth-order valence-electron chi connectivity index (χ4n) is 1.97. The number of amides is 1. The zero-order chi connectivity index (χ0) is 20.6. The van der Waals surface area contributed by atoms with Crippen molar-refractivity contribution in [2.75, 3.05) is 18.4 Å². The fourth-order valence-corrected chi connectivity index (χ4v) is 2.42. The quantitative estimate of drug-likeness (QED) is 0.209. The van der Waals surface area contributed by atoms with Crippen LogP contribution in [0.2, 0.25) is 5.02 Å². The van der Waals surface area contributed by atoms with E-state index < -0.39 is 16.2 Å². The summed E-state index contributed by atoms with van der Waals surface area (Å²) in [6.07, 6.45) is 2.84. The molecule has 1 amide bonds. The van der Waals surface area contributed by atoms with E-state index in [1.54, 1.807) is 24.4 Å².